The molecule has 0 bridgehead atoms. The van der Waals surface area contributed by atoms with Gasteiger partial charge < -0.3 is 5.32 Å². The molecular formula is C15H22N2OS. The molecule has 1 atom stereocenters. The van der Waals surface area contributed by atoms with Crippen LogP contribution < -0.4 is 5.32 Å². The van der Waals surface area contributed by atoms with Gasteiger partial charge in [0.25, 0.3) is 0 Å². The first kappa shape index (κ1) is 13.1. The van der Waals surface area contributed by atoms with Gasteiger partial charge in [0, 0.05) is 12.1 Å². The normalized spacial score (nSPS) is 24.9. The molecule has 1 aromatic heterocycles. The smallest absolute Gasteiger partial charge is 0.234 e. The minimum absolute atomic E-state index is 0.217. The Morgan fingerprint density at radius 1 is 1.32 bits per heavy atom. The zero-order chi connectivity index (χ0) is 13.1. The van der Waals surface area contributed by atoms with Gasteiger partial charge >= 0.3 is 0 Å². The van der Waals surface area contributed by atoms with E-state index in [0.717, 1.165) is 6.54 Å². The van der Waals surface area contributed by atoms with Crippen molar-refractivity contribution in [2.24, 2.45) is 0 Å². The van der Waals surface area contributed by atoms with E-state index in [1.165, 1.54) is 44.1 Å². The van der Waals surface area contributed by atoms with Crippen LogP contribution in [0.3, 0.4) is 0 Å². The maximum atomic E-state index is 12.1. The molecule has 1 saturated carbocycles. The number of nitrogens with zero attached hydrogens (tertiary/aromatic N) is 1. The first-order valence-corrected chi connectivity index (χ1v) is 8.33. The molecule has 0 aromatic carbocycles. The molecule has 4 heteroatoms. The maximum absolute atomic E-state index is 12.1. The number of hydrogen-bond donors (Lipinski definition) is 1. The van der Waals surface area contributed by atoms with Crippen molar-refractivity contribution in [3.05, 3.63) is 22.4 Å². The molecule has 0 radical (unpaired) electrons. The van der Waals surface area contributed by atoms with Gasteiger partial charge in [-0.3, -0.25) is 9.69 Å². The third kappa shape index (κ3) is 3.18. The van der Waals surface area contributed by atoms with Crippen LogP contribution in [0, 0.1) is 0 Å². The van der Waals surface area contributed by atoms with Crippen LogP contribution in [0.15, 0.2) is 16.8 Å². The summed E-state index contributed by atoms with van der Waals surface area (Å²) in [5, 5.41) is 7.54. The van der Waals surface area contributed by atoms with Crippen LogP contribution in [-0.2, 0) is 4.79 Å². The van der Waals surface area contributed by atoms with Crippen molar-refractivity contribution in [2.75, 3.05) is 13.1 Å². The number of carbonyl (C=O) groups is 1. The Balaban J connectivity index is 1.54. The fourth-order valence-corrected chi connectivity index (χ4v) is 4.09. The Morgan fingerprint density at radius 3 is 2.89 bits per heavy atom. The van der Waals surface area contributed by atoms with Crippen LogP contribution in [0.25, 0.3) is 0 Å². The lowest BCUT2D eigenvalue weighted by atomic mass is 10.1. The molecule has 19 heavy (non-hydrogen) atoms. The van der Waals surface area contributed by atoms with Crippen LogP contribution in [0.1, 0.15) is 50.1 Å². The summed E-state index contributed by atoms with van der Waals surface area (Å²) in [6.45, 7) is 1.62. The van der Waals surface area contributed by atoms with Gasteiger partial charge in [-0.2, -0.15) is 11.3 Å². The molecule has 2 heterocycles. The predicted molar refractivity (Wildman–Crippen MR) is 78.3 cm³/mol. The molecule has 3 nitrogen and oxygen atoms in total. The average molecular weight is 278 g/mol. The number of likely N-dealkylation sites (tertiary alicyclic amines) is 1. The highest BCUT2D eigenvalue weighted by Crippen LogP contribution is 2.32. The van der Waals surface area contributed by atoms with Crippen molar-refractivity contribution < 1.29 is 4.79 Å². The Labute approximate surface area is 119 Å². The summed E-state index contributed by atoms with van der Waals surface area (Å²) in [5.74, 6) is 0.217. The molecule has 1 aliphatic heterocycles. The number of hydrogen-bond acceptors (Lipinski definition) is 3. The SMILES string of the molecule is O=C(CN1CCC[C@@H]1c1ccsc1)NC1CCCC1. The van der Waals surface area contributed by atoms with Crippen LogP contribution in [0.5, 0.6) is 0 Å². The topological polar surface area (TPSA) is 32.3 Å². The lowest BCUT2D eigenvalue weighted by Crippen LogP contribution is -2.40. The number of rotatable bonds is 4. The lowest BCUT2D eigenvalue weighted by Gasteiger charge is -2.24. The van der Waals surface area contributed by atoms with Gasteiger partial charge in [0.1, 0.15) is 0 Å². The largest absolute Gasteiger partial charge is 0.352 e. The summed E-state index contributed by atoms with van der Waals surface area (Å²) in [5.41, 5.74) is 1.39. The first-order chi connectivity index (χ1) is 9.33. The number of carbonyl (C=O) groups excluding carboxylic acids is 1. The zero-order valence-electron chi connectivity index (χ0n) is 11.3. The third-order valence-corrected chi connectivity index (χ3v) is 5.06. The summed E-state index contributed by atoms with van der Waals surface area (Å²) in [6, 6.07) is 3.10. The molecule has 1 amide bonds. The van der Waals surface area contributed by atoms with E-state index in [1.54, 1.807) is 11.3 Å². The summed E-state index contributed by atoms with van der Waals surface area (Å²) in [4.78, 5) is 14.5. The van der Waals surface area contributed by atoms with E-state index >= 15 is 0 Å². The molecule has 0 unspecified atom stereocenters. The Hall–Kier alpha value is -0.870. The first-order valence-electron chi connectivity index (χ1n) is 7.38. The highest BCUT2D eigenvalue weighted by molar-refractivity contribution is 7.07. The molecule has 1 aliphatic carbocycles. The fourth-order valence-electron chi connectivity index (χ4n) is 3.39. The molecule has 3 rings (SSSR count). The monoisotopic (exact) mass is 278 g/mol. The van der Waals surface area contributed by atoms with Gasteiger partial charge in [0.2, 0.25) is 5.91 Å². The Morgan fingerprint density at radius 2 is 2.16 bits per heavy atom. The van der Waals surface area contributed by atoms with E-state index in [1.807, 2.05) is 0 Å². The highest BCUT2D eigenvalue weighted by Gasteiger charge is 2.28. The number of amides is 1. The van der Waals surface area contributed by atoms with Crippen molar-refractivity contribution in [3.8, 4) is 0 Å². The lowest BCUT2D eigenvalue weighted by molar-refractivity contribution is -0.123. The van der Waals surface area contributed by atoms with Crippen LogP contribution in [0.4, 0.5) is 0 Å². The summed E-state index contributed by atoms with van der Waals surface area (Å²) < 4.78 is 0. The molecule has 2 aliphatic rings. The van der Waals surface area contributed by atoms with Crippen LogP contribution in [0.2, 0.25) is 0 Å². The second-order valence-corrected chi connectivity index (χ2v) is 6.51. The van der Waals surface area contributed by atoms with E-state index in [2.05, 4.69) is 27.0 Å². The van der Waals surface area contributed by atoms with Crippen molar-refractivity contribution in [3.63, 3.8) is 0 Å². The number of thiophene rings is 1. The number of nitrogens with one attached hydrogen (secondary N) is 1. The van der Waals surface area contributed by atoms with Gasteiger partial charge in [-0.15, -0.1) is 0 Å². The quantitative estimate of drug-likeness (QED) is 0.918. The van der Waals surface area contributed by atoms with E-state index in [0.29, 0.717) is 18.6 Å². The van der Waals surface area contributed by atoms with Gasteiger partial charge in [0.05, 0.1) is 6.54 Å². The standard InChI is InChI=1S/C15H22N2OS/c18-15(16-13-4-1-2-5-13)10-17-8-3-6-14(17)12-7-9-19-11-12/h7,9,11,13-14H,1-6,8,10H2,(H,16,18)/t14-/m1/s1. The van der Waals surface area contributed by atoms with Gasteiger partial charge in [-0.05, 0) is 54.6 Å². The highest BCUT2D eigenvalue weighted by atomic mass is 32.1. The molecule has 104 valence electrons. The average Bonchev–Trinajstić information content (AvgIpc) is 3.09. The Kier molecular flexibility index (Phi) is 4.18. The summed E-state index contributed by atoms with van der Waals surface area (Å²) in [6.07, 6.45) is 7.27. The molecule has 1 N–H and O–H groups in total. The van der Waals surface area contributed by atoms with E-state index in [-0.39, 0.29) is 5.91 Å². The van der Waals surface area contributed by atoms with Gasteiger partial charge in [0.15, 0.2) is 0 Å². The van der Waals surface area contributed by atoms with E-state index in [9.17, 15) is 4.79 Å². The molecular weight excluding hydrogens is 256 g/mol. The Bertz CT molecular complexity index is 412. The van der Waals surface area contributed by atoms with Crippen molar-refractivity contribution in [2.45, 2.75) is 50.6 Å². The summed E-state index contributed by atoms with van der Waals surface area (Å²) >= 11 is 1.75. The molecule has 1 aromatic rings. The second-order valence-electron chi connectivity index (χ2n) is 5.73. The van der Waals surface area contributed by atoms with Crippen molar-refractivity contribution in [1.82, 2.24) is 10.2 Å². The fraction of sp³-hybridized carbons (Fsp3) is 0.667. The molecule has 2 fully saturated rings. The van der Waals surface area contributed by atoms with E-state index < -0.39 is 0 Å². The van der Waals surface area contributed by atoms with Crippen molar-refractivity contribution in [1.29, 1.82) is 0 Å². The maximum Gasteiger partial charge on any atom is 0.234 e. The zero-order valence-corrected chi connectivity index (χ0v) is 12.1. The van der Waals surface area contributed by atoms with Gasteiger partial charge in [-0.25, -0.2) is 0 Å². The second kappa shape index (κ2) is 6.06. The molecule has 0 spiro atoms. The minimum atomic E-state index is 0.217. The van der Waals surface area contributed by atoms with Crippen molar-refractivity contribution >= 4 is 17.2 Å². The molecule has 1 saturated heterocycles. The third-order valence-electron chi connectivity index (χ3n) is 4.36. The predicted octanol–water partition coefficient (Wildman–Crippen LogP) is 2.94. The van der Waals surface area contributed by atoms with Gasteiger partial charge in [-0.1, -0.05) is 12.8 Å². The minimum Gasteiger partial charge on any atom is -0.352 e. The summed E-state index contributed by atoms with van der Waals surface area (Å²) in [7, 11) is 0. The van der Waals surface area contributed by atoms with Crippen LogP contribution >= 0.6 is 11.3 Å². The van der Waals surface area contributed by atoms with Crippen LogP contribution in [-0.4, -0.2) is 29.9 Å². The van der Waals surface area contributed by atoms with E-state index in [4.69, 9.17) is 0 Å².